The number of nitrogens with zero attached hydrogens (tertiary/aromatic N) is 1. The number of esters is 1. The van der Waals surface area contributed by atoms with Gasteiger partial charge in [0, 0.05) is 12.1 Å². The van der Waals surface area contributed by atoms with E-state index >= 15 is 0 Å². The van der Waals surface area contributed by atoms with Gasteiger partial charge in [-0.15, -0.1) is 0 Å². The summed E-state index contributed by atoms with van der Waals surface area (Å²) >= 11 is 0. The van der Waals surface area contributed by atoms with Crippen LogP contribution in [0, 0.1) is 0 Å². The maximum Gasteiger partial charge on any atom is 0.328 e. The zero-order valence-electron chi connectivity index (χ0n) is 11.1. The first kappa shape index (κ1) is 13.4. The summed E-state index contributed by atoms with van der Waals surface area (Å²) in [7, 11) is 2.89. The number of methoxy groups -OCH3 is 2. The van der Waals surface area contributed by atoms with E-state index in [0.29, 0.717) is 24.3 Å². The summed E-state index contributed by atoms with van der Waals surface area (Å²) in [4.78, 5) is 25.6. The highest BCUT2D eigenvalue weighted by Crippen LogP contribution is 2.22. The van der Waals surface area contributed by atoms with Crippen LogP contribution in [0.5, 0.6) is 5.75 Å². The Morgan fingerprint density at radius 1 is 1.32 bits per heavy atom. The van der Waals surface area contributed by atoms with Gasteiger partial charge in [0.05, 0.1) is 14.2 Å². The minimum Gasteiger partial charge on any atom is -0.497 e. The van der Waals surface area contributed by atoms with Gasteiger partial charge in [-0.05, 0) is 31.0 Å². The van der Waals surface area contributed by atoms with Crippen LogP contribution in [0.3, 0.4) is 0 Å². The van der Waals surface area contributed by atoms with Crippen molar-refractivity contribution in [2.75, 3.05) is 20.8 Å². The largest absolute Gasteiger partial charge is 0.497 e. The van der Waals surface area contributed by atoms with Gasteiger partial charge in [-0.2, -0.15) is 0 Å². The van der Waals surface area contributed by atoms with Gasteiger partial charge in [0.2, 0.25) is 0 Å². The lowest BCUT2D eigenvalue weighted by Crippen LogP contribution is -2.41. The second-order valence-electron chi connectivity index (χ2n) is 4.41. The third kappa shape index (κ3) is 2.70. The van der Waals surface area contributed by atoms with Crippen LogP contribution in [0.1, 0.15) is 23.2 Å². The quantitative estimate of drug-likeness (QED) is 0.775. The smallest absolute Gasteiger partial charge is 0.328 e. The Balaban J connectivity index is 2.20. The van der Waals surface area contributed by atoms with Crippen molar-refractivity contribution in [3.63, 3.8) is 0 Å². The molecule has 1 heterocycles. The number of carbonyl (C=O) groups is 2. The third-order valence-electron chi connectivity index (χ3n) is 3.30. The van der Waals surface area contributed by atoms with Gasteiger partial charge in [0.15, 0.2) is 0 Å². The number of benzene rings is 1. The maximum absolute atomic E-state index is 12.4. The predicted octanol–water partition coefficient (Wildman–Crippen LogP) is 1.47. The first-order chi connectivity index (χ1) is 9.17. The third-order valence-corrected chi connectivity index (χ3v) is 3.30. The van der Waals surface area contributed by atoms with Gasteiger partial charge in [-0.1, -0.05) is 6.07 Å². The summed E-state index contributed by atoms with van der Waals surface area (Å²) in [6.07, 6.45) is 1.47. The summed E-state index contributed by atoms with van der Waals surface area (Å²) in [6.45, 7) is 0.579. The van der Waals surface area contributed by atoms with Crippen LogP contribution in [-0.4, -0.2) is 43.6 Å². The van der Waals surface area contributed by atoms with E-state index in [2.05, 4.69) is 0 Å². The minimum absolute atomic E-state index is 0.160. The molecule has 1 aliphatic heterocycles. The van der Waals surface area contributed by atoms with Crippen molar-refractivity contribution < 1.29 is 19.1 Å². The molecule has 0 unspecified atom stereocenters. The first-order valence-electron chi connectivity index (χ1n) is 6.20. The molecule has 0 aliphatic carbocycles. The molecular weight excluding hydrogens is 246 g/mol. The fraction of sp³-hybridized carbons (Fsp3) is 0.429. The highest BCUT2D eigenvalue weighted by Gasteiger charge is 2.35. The summed E-state index contributed by atoms with van der Waals surface area (Å²) in [5.41, 5.74) is 0.523. The Labute approximate surface area is 112 Å². The van der Waals surface area contributed by atoms with E-state index in [1.807, 2.05) is 0 Å². The van der Waals surface area contributed by atoms with E-state index < -0.39 is 6.04 Å². The van der Waals surface area contributed by atoms with Crippen molar-refractivity contribution in [3.05, 3.63) is 29.8 Å². The average Bonchev–Trinajstić information content (AvgIpc) is 2.95. The van der Waals surface area contributed by atoms with Crippen LogP contribution in [0.15, 0.2) is 24.3 Å². The molecule has 0 spiro atoms. The Bertz CT molecular complexity index is 486. The second-order valence-corrected chi connectivity index (χ2v) is 4.41. The molecule has 1 aliphatic rings. The van der Waals surface area contributed by atoms with E-state index in [-0.39, 0.29) is 11.9 Å². The van der Waals surface area contributed by atoms with Gasteiger partial charge in [0.25, 0.3) is 5.91 Å². The lowest BCUT2D eigenvalue weighted by Gasteiger charge is -2.22. The molecule has 2 rings (SSSR count). The van der Waals surface area contributed by atoms with Gasteiger partial charge in [-0.3, -0.25) is 4.79 Å². The highest BCUT2D eigenvalue weighted by molar-refractivity contribution is 5.97. The zero-order chi connectivity index (χ0) is 13.8. The van der Waals surface area contributed by atoms with Gasteiger partial charge in [0.1, 0.15) is 11.8 Å². The van der Waals surface area contributed by atoms with E-state index in [1.165, 1.54) is 7.11 Å². The average molecular weight is 263 g/mol. The molecule has 5 nitrogen and oxygen atoms in total. The molecule has 1 aromatic carbocycles. The van der Waals surface area contributed by atoms with E-state index in [0.717, 1.165) is 6.42 Å². The number of hydrogen-bond acceptors (Lipinski definition) is 4. The number of hydrogen-bond donors (Lipinski definition) is 0. The Kier molecular flexibility index (Phi) is 4.04. The molecule has 5 heteroatoms. The topological polar surface area (TPSA) is 55.8 Å². The standard InChI is InChI=1S/C14H17NO4/c1-18-11-6-3-5-10(9-11)13(16)15-8-4-7-12(15)14(17)19-2/h3,5-6,9,12H,4,7-8H2,1-2H3/t12-/m1/s1. The molecule has 0 radical (unpaired) electrons. The van der Waals surface area contributed by atoms with Crippen molar-refractivity contribution in [2.45, 2.75) is 18.9 Å². The molecule has 19 heavy (non-hydrogen) atoms. The van der Waals surface area contributed by atoms with Gasteiger partial charge in [-0.25, -0.2) is 4.79 Å². The molecule has 1 aromatic rings. The van der Waals surface area contributed by atoms with Crippen LogP contribution >= 0.6 is 0 Å². The molecule has 102 valence electrons. The molecule has 1 atom stereocenters. The van der Waals surface area contributed by atoms with E-state index in [9.17, 15) is 9.59 Å². The molecule has 0 saturated carbocycles. The molecule has 1 fully saturated rings. The SMILES string of the molecule is COC(=O)[C@H]1CCCN1C(=O)c1cccc(OC)c1. The lowest BCUT2D eigenvalue weighted by atomic mass is 10.1. The Morgan fingerprint density at radius 2 is 2.11 bits per heavy atom. The Hall–Kier alpha value is -2.04. The monoisotopic (exact) mass is 263 g/mol. The van der Waals surface area contributed by atoms with Crippen molar-refractivity contribution in [2.24, 2.45) is 0 Å². The van der Waals surface area contributed by atoms with Crippen molar-refractivity contribution in [1.29, 1.82) is 0 Å². The number of ether oxygens (including phenoxy) is 2. The number of likely N-dealkylation sites (tertiary alicyclic amines) is 1. The second kappa shape index (κ2) is 5.73. The predicted molar refractivity (Wildman–Crippen MR) is 69.1 cm³/mol. The number of carbonyl (C=O) groups excluding carboxylic acids is 2. The van der Waals surface area contributed by atoms with Gasteiger partial charge < -0.3 is 14.4 Å². The molecular formula is C14H17NO4. The molecule has 0 N–H and O–H groups in total. The zero-order valence-corrected chi connectivity index (χ0v) is 11.1. The van der Waals surface area contributed by atoms with Crippen molar-refractivity contribution >= 4 is 11.9 Å². The lowest BCUT2D eigenvalue weighted by molar-refractivity contribution is -0.145. The van der Waals surface area contributed by atoms with Crippen molar-refractivity contribution in [3.8, 4) is 5.75 Å². The maximum atomic E-state index is 12.4. The molecule has 1 amide bonds. The summed E-state index contributed by atoms with van der Waals surface area (Å²) in [5, 5.41) is 0. The molecule has 1 saturated heterocycles. The molecule has 0 bridgehead atoms. The van der Waals surface area contributed by atoms with E-state index in [4.69, 9.17) is 9.47 Å². The first-order valence-corrected chi connectivity index (χ1v) is 6.20. The van der Waals surface area contributed by atoms with Crippen LogP contribution < -0.4 is 4.74 Å². The molecule has 0 aromatic heterocycles. The number of rotatable bonds is 3. The fourth-order valence-electron chi connectivity index (χ4n) is 2.31. The highest BCUT2D eigenvalue weighted by atomic mass is 16.5. The number of amides is 1. The normalized spacial score (nSPS) is 18.2. The summed E-state index contributed by atoms with van der Waals surface area (Å²) in [5.74, 6) is 0.111. The van der Waals surface area contributed by atoms with Crippen LogP contribution in [-0.2, 0) is 9.53 Å². The summed E-state index contributed by atoms with van der Waals surface area (Å²) in [6, 6.07) is 6.46. The van der Waals surface area contributed by atoms with Crippen LogP contribution in [0.4, 0.5) is 0 Å². The van der Waals surface area contributed by atoms with Crippen molar-refractivity contribution in [1.82, 2.24) is 4.90 Å². The van der Waals surface area contributed by atoms with Crippen LogP contribution in [0.25, 0.3) is 0 Å². The van der Waals surface area contributed by atoms with Crippen LogP contribution in [0.2, 0.25) is 0 Å². The van der Waals surface area contributed by atoms with Gasteiger partial charge >= 0.3 is 5.97 Å². The fourth-order valence-corrected chi connectivity index (χ4v) is 2.31. The minimum atomic E-state index is -0.469. The van der Waals surface area contributed by atoms with E-state index in [1.54, 1.807) is 36.3 Å². The summed E-state index contributed by atoms with van der Waals surface area (Å²) < 4.78 is 9.84. The Morgan fingerprint density at radius 3 is 2.79 bits per heavy atom.